The van der Waals surface area contributed by atoms with Crippen LogP contribution in [0.15, 0.2) is 22.3 Å². The lowest BCUT2D eigenvalue weighted by molar-refractivity contribution is 0.321. The summed E-state index contributed by atoms with van der Waals surface area (Å²) in [4.78, 5) is 9.93. The Bertz CT molecular complexity index is 293. The summed E-state index contributed by atoms with van der Waals surface area (Å²) in [6.45, 7) is 5.37. The number of amidine groups is 1. The van der Waals surface area contributed by atoms with Crippen molar-refractivity contribution in [2.45, 2.75) is 20.1 Å². The molecule has 1 aliphatic rings. The molecule has 0 aromatic heterocycles. The first kappa shape index (κ1) is 11.5. The highest BCUT2D eigenvalue weighted by molar-refractivity contribution is 5.95. The van der Waals surface area contributed by atoms with Crippen LogP contribution in [0.1, 0.15) is 13.8 Å². The van der Waals surface area contributed by atoms with Gasteiger partial charge in [-0.15, -0.1) is 0 Å². The van der Waals surface area contributed by atoms with Crippen molar-refractivity contribution >= 4 is 11.8 Å². The van der Waals surface area contributed by atoms with Crippen LogP contribution in [0.3, 0.4) is 0 Å². The Hall–Kier alpha value is -1.56. The lowest BCUT2D eigenvalue weighted by atomic mass is 10.4. The van der Waals surface area contributed by atoms with E-state index in [-0.39, 0.29) is 5.96 Å². The van der Waals surface area contributed by atoms with Crippen LogP contribution in [0.25, 0.3) is 0 Å². The van der Waals surface area contributed by atoms with E-state index in [1.54, 1.807) is 0 Å². The molecule has 0 aromatic carbocycles. The number of nitrogens with two attached hydrogens (primary N) is 2. The topological polar surface area (TPSA) is 92.0 Å². The second-order valence-electron chi connectivity index (χ2n) is 3.21. The lowest BCUT2D eigenvalue weighted by Crippen LogP contribution is -2.49. The third kappa shape index (κ3) is 3.25. The molecule has 1 rings (SSSR count). The van der Waals surface area contributed by atoms with Crippen molar-refractivity contribution in [2.24, 2.45) is 21.5 Å². The number of hydrogen-bond acceptors (Lipinski definition) is 6. The predicted octanol–water partition coefficient (Wildman–Crippen LogP) is -0.599. The maximum Gasteiger partial charge on any atom is 0.220 e. The van der Waals surface area contributed by atoms with E-state index in [1.165, 1.54) is 0 Å². The molecule has 1 unspecified atom stereocenters. The molecule has 0 bridgehead atoms. The van der Waals surface area contributed by atoms with Crippen LogP contribution >= 0.6 is 0 Å². The molecule has 1 heterocycles. The first-order valence-electron chi connectivity index (χ1n) is 4.90. The smallest absolute Gasteiger partial charge is 0.220 e. The molecule has 6 heteroatoms. The number of allylic oxidation sites excluding steroid dienone is 1. The monoisotopic (exact) mass is 210 g/mol. The third-order valence-electron chi connectivity index (χ3n) is 2.06. The average Bonchev–Trinajstić information content (AvgIpc) is 2.15. The fourth-order valence-electron chi connectivity index (χ4n) is 1.34. The van der Waals surface area contributed by atoms with Gasteiger partial charge in [0.2, 0.25) is 5.96 Å². The molecular formula is C9H18N6. The maximum absolute atomic E-state index is 5.81. The van der Waals surface area contributed by atoms with E-state index in [1.807, 2.05) is 31.0 Å². The minimum absolute atomic E-state index is 0.248. The Morgan fingerprint density at radius 1 is 1.60 bits per heavy atom. The zero-order valence-corrected chi connectivity index (χ0v) is 9.14. The van der Waals surface area contributed by atoms with E-state index in [2.05, 4.69) is 15.3 Å². The van der Waals surface area contributed by atoms with Gasteiger partial charge in [0.1, 0.15) is 5.84 Å². The summed E-state index contributed by atoms with van der Waals surface area (Å²) in [5.41, 5.74) is 11.3. The van der Waals surface area contributed by atoms with Crippen molar-refractivity contribution in [1.29, 1.82) is 0 Å². The van der Waals surface area contributed by atoms with Crippen molar-refractivity contribution in [2.75, 3.05) is 13.1 Å². The summed E-state index contributed by atoms with van der Waals surface area (Å²) < 4.78 is 0. The molecule has 0 fully saturated rings. The van der Waals surface area contributed by atoms with Gasteiger partial charge >= 0.3 is 0 Å². The van der Waals surface area contributed by atoms with Crippen LogP contribution < -0.4 is 16.8 Å². The normalized spacial score (nSPS) is 21.5. The highest BCUT2D eigenvalue weighted by Crippen LogP contribution is 2.03. The molecule has 0 spiro atoms. The minimum Gasteiger partial charge on any atom is -0.389 e. The first-order chi connectivity index (χ1) is 7.15. The standard InChI is InChI=1S/C9H18N6/c1-3-4-12-5-6-15-7(2)13-8(10)14-9(15)11/h3-4,9,12H,5-6,11H2,1-2H3,(H2,10,14). The molecule has 15 heavy (non-hydrogen) atoms. The number of guanidine groups is 1. The van der Waals surface area contributed by atoms with Crippen LogP contribution in [-0.2, 0) is 0 Å². The van der Waals surface area contributed by atoms with Crippen molar-refractivity contribution in [3.8, 4) is 0 Å². The molecular weight excluding hydrogens is 192 g/mol. The minimum atomic E-state index is -0.421. The van der Waals surface area contributed by atoms with Gasteiger partial charge < -0.3 is 16.0 Å². The van der Waals surface area contributed by atoms with Gasteiger partial charge in [0.15, 0.2) is 6.29 Å². The Morgan fingerprint density at radius 2 is 2.33 bits per heavy atom. The van der Waals surface area contributed by atoms with Crippen LogP contribution in [-0.4, -0.2) is 36.1 Å². The SMILES string of the molecule is CC=CNCCN1C(C)=NC(N)=NC1N. The fraction of sp³-hybridized carbons (Fsp3) is 0.556. The largest absolute Gasteiger partial charge is 0.389 e. The van der Waals surface area contributed by atoms with Crippen LogP contribution in [0.2, 0.25) is 0 Å². The summed E-state index contributed by atoms with van der Waals surface area (Å²) in [5.74, 6) is 1.05. The number of rotatable bonds is 4. The highest BCUT2D eigenvalue weighted by atomic mass is 15.4. The Balaban J connectivity index is 2.45. The molecule has 0 aromatic rings. The molecule has 1 aliphatic heterocycles. The van der Waals surface area contributed by atoms with Crippen LogP contribution in [0.5, 0.6) is 0 Å². The van der Waals surface area contributed by atoms with Crippen molar-refractivity contribution in [3.63, 3.8) is 0 Å². The van der Waals surface area contributed by atoms with Gasteiger partial charge in [0.05, 0.1) is 0 Å². The van der Waals surface area contributed by atoms with Gasteiger partial charge in [0.25, 0.3) is 0 Å². The van der Waals surface area contributed by atoms with Gasteiger partial charge in [-0.25, -0.2) is 9.98 Å². The molecule has 84 valence electrons. The van der Waals surface area contributed by atoms with Crippen LogP contribution in [0, 0.1) is 0 Å². The van der Waals surface area contributed by atoms with E-state index < -0.39 is 6.29 Å². The molecule has 6 nitrogen and oxygen atoms in total. The number of hydrogen-bond donors (Lipinski definition) is 3. The van der Waals surface area contributed by atoms with Crippen molar-refractivity contribution in [3.05, 3.63) is 12.3 Å². The summed E-state index contributed by atoms with van der Waals surface area (Å²) in [6.07, 6.45) is 3.40. The van der Waals surface area contributed by atoms with Gasteiger partial charge in [-0.2, -0.15) is 0 Å². The zero-order valence-electron chi connectivity index (χ0n) is 9.14. The first-order valence-corrected chi connectivity index (χ1v) is 4.90. The van der Waals surface area contributed by atoms with Crippen molar-refractivity contribution < 1.29 is 0 Å². The quantitative estimate of drug-likeness (QED) is 0.540. The number of nitrogens with zero attached hydrogens (tertiary/aromatic N) is 3. The van der Waals surface area contributed by atoms with E-state index >= 15 is 0 Å². The lowest BCUT2D eigenvalue weighted by Gasteiger charge is -2.30. The summed E-state index contributed by atoms with van der Waals surface area (Å²) in [6, 6.07) is 0. The number of aliphatic imine (C=N–C) groups is 2. The van der Waals surface area contributed by atoms with E-state index in [4.69, 9.17) is 11.5 Å². The molecule has 0 saturated carbocycles. The zero-order chi connectivity index (χ0) is 11.3. The Labute approximate surface area is 89.7 Å². The van der Waals surface area contributed by atoms with Crippen LogP contribution in [0.4, 0.5) is 0 Å². The molecule has 0 radical (unpaired) electrons. The Morgan fingerprint density at radius 3 is 2.93 bits per heavy atom. The molecule has 0 aliphatic carbocycles. The van der Waals surface area contributed by atoms with Gasteiger partial charge in [0, 0.05) is 13.1 Å². The van der Waals surface area contributed by atoms with E-state index in [9.17, 15) is 0 Å². The fourth-order valence-corrected chi connectivity index (χ4v) is 1.34. The summed E-state index contributed by atoms with van der Waals surface area (Å²) in [7, 11) is 0. The molecule has 1 atom stereocenters. The maximum atomic E-state index is 5.81. The van der Waals surface area contributed by atoms with Gasteiger partial charge in [-0.05, 0) is 20.0 Å². The molecule has 0 saturated heterocycles. The Kier molecular flexibility index (Phi) is 4.11. The van der Waals surface area contributed by atoms with E-state index in [0.717, 1.165) is 18.9 Å². The highest BCUT2D eigenvalue weighted by Gasteiger charge is 2.18. The summed E-state index contributed by atoms with van der Waals surface area (Å²) >= 11 is 0. The predicted molar refractivity (Wildman–Crippen MR) is 62.2 cm³/mol. The van der Waals surface area contributed by atoms with Crippen molar-refractivity contribution in [1.82, 2.24) is 10.2 Å². The number of nitrogens with one attached hydrogen (secondary N) is 1. The van der Waals surface area contributed by atoms with Gasteiger partial charge in [-0.1, -0.05) is 6.08 Å². The summed E-state index contributed by atoms with van der Waals surface area (Å²) in [5, 5.41) is 3.12. The molecule has 5 N–H and O–H groups in total. The van der Waals surface area contributed by atoms with Gasteiger partial charge in [-0.3, -0.25) is 5.73 Å². The second kappa shape index (κ2) is 5.35. The average molecular weight is 210 g/mol. The second-order valence-corrected chi connectivity index (χ2v) is 3.21. The third-order valence-corrected chi connectivity index (χ3v) is 2.06. The molecule has 0 amide bonds. The van der Waals surface area contributed by atoms with E-state index in [0.29, 0.717) is 0 Å².